The SMILES string of the molecule is COC(=O)c1sccc1NC(=O)c1cc(Br)cn1C(C)C. The molecule has 0 unspecified atom stereocenters. The summed E-state index contributed by atoms with van der Waals surface area (Å²) in [6.07, 6.45) is 1.86. The standard InChI is InChI=1S/C14H15BrN2O3S/c1-8(2)17-7-9(15)6-11(17)13(18)16-10-4-5-21-12(10)14(19)20-3/h4-8H,1-3H3,(H,16,18). The van der Waals surface area contributed by atoms with E-state index in [1.807, 2.05) is 24.6 Å². The van der Waals surface area contributed by atoms with Gasteiger partial charge in [-0.1, -0.05) is 0 Å². The summed E-state index contributed by atoms with van der Waals surface area (Å²) in [7, 11) is 1.31. The number of methoxy groups -OCH3 is 1. The summed E-state index contributed by atoms with van der Waals surface area (Å²) < 4.78 is 7.39. The van der Waals surface area contributed by atoms with Gasteiger partial charge in [-0.3, -0.25) is 4.79 Å². The van der Waals surface area contributed by atoms with E-state index >= 15 is 0 Å². The zero-order chi connectivity index (χ0) is 15.6. The van der Waals surface area contributed by atoms with Crippen LogP contribution in [0, 0.1) is 0 Å². The van der Waals surface area contributed by atoms with E-state index in [9.17, 15) is 9.59 Å². The van der Waals surface area contributed by atoms with Crippen LogP contribution in [0.3, 0.4) is 0 Å². The minimum absolute atomic E-state index is 0.152. The van der Waals surface area contributed by atoms with Gasteiger partial charge in [0.1, 0.15) is 10.6 Å². The van der Waals surface area contributed by atoms with E-state index in [0.717, 1.165) is 4.47 Å². The molecule has 2 aromatic heterocycles. The number of carbonyl (C=O) groups is 2. The fourth-order valence-electron chi connectivity index (χ4n) is 1.90. The van der Waals surface area contributed by atoms with Crippen LogP contribution >= 0.6 is 27.3 Å². The lowest BCUT2D eigenvalue weighted by Crippen LogP contribution is -2.18. The molecule has 0 radical (unpaired) electrons. The number of aromatic nitrogens is 1. The molecular formula is C14H15BrN2O3S. The molecule has 0 bridgehead atoms. The van der Waals surface area contributed by atoms with E-state index in [4.69, 9.17) is 4.74 Å². The lowest BCUT2D eigenvalue weighted by Gasteiger charge is -2.12. The third-order valence-electron chi connectivity index (χ3n) is 2.89. The van der Waals surface area contributed by atoms with Crippen molar-refractivity contribution in [3.8, 4) is 0 Å². The van der Waals surface area contributed by atoms with Crippen molar-refractivity contribution in [1.29, 1.82) is 0 Å². The van der Waals surface area contributed by atoms with Crippen molar-refractivity contribution in [1.82, 2.24) is 4.57 Å². The maximum absolute atomic E-state index is 12.4. The Labute approximate surface area is 135 Å². The molecule has 0 saturated carbocycles. The number of anilines is 1. The van der Waals surface area contributed by atoms with Gasteiger partial charge in [0.15, 0.2) is 0 Å². The molecule has 1 amide bonds. The molecule has 7 heteroatoms. The van der Waals surface area contributed by atoms with E-state index in [1.54, 1.807) is 17.5 Å². The van der Waals surface area contributed by atoms with Crippen LogP contribution in [0.25, 0.3) is 0 Å². The van der Waals surface area contributed by atoms with Gasteiger partial charge in [0, 0.05) is 16.7 Å². The van der Waals surface area contributed by atoms with E-state index in [-0.39, 0.29) is 11.9 Å². The fourth-order valence-corrected chi connectivity index (χ4v) is 3.10. The average Bonchev–Trinajstić information content (AvgIpc) is 3.04. The third kappa shape index (κ3) is 3.36. The molecule has 112 valence electrons. The number of carbonyl (C=O) groups excluding carboxylic acids is 2. The molecule has 0 fully saturated rings. The number of amides is 1. The molecule has 0 atom stereocenters. The number of thiophene rings is 1. The van der Waals surface area contributed by atoms with Gasteiger partial charge in [0.05, 0.1) is 12.8 Å². The van der Waals surface area contributed by atoms with Crippen LogP contribution in [0.1, 0.15) is 40.0 Å². The van der Waals surface area contributed by atoms with Crippen molar-refractivity contribution in [2.75, 3.05) is 12.4 Å². The third-order valence-corrected chi connectivity index (χ3v) is 4.22. The Kier molecular flexibility index (Phi) is 4.84. The number of esters is 1. The molecule has 2 aromatic rings. The number of nitrogens with zero attached hydrogens (tertiary/aromatic N) is 1. The summed E-state index contributed by atoms with van der Waals surface area (Å²) in [5.41, 5.74) is 0.989. The quantitative estimate of drug-likeness (QED) is 0.829. The summed E-state index contributed by atoms with van der Waals surface area (Å²) in [6.45, 7) is 3.99. The van der Waals surface area contributed by atoms with Gasteiger partial charge in [-0.2, -0.15) is 0 Å². The second-order valence-electron chi connectivity index (χ2n) is 4.65. The molecule has 2 heterocycles. The molecule has 0 spiro atoms. The van der Waals surface area contributed by atoms with Gasteiger partial charge < -0.3 is 14.6 Å². The van der Waals surface area contributed by atoms with E-state index < -0.39 is 5.97 Å². The van der Waals surface area contributed by atoms with Crippen LogP contribution in [0.4, 0.5) is 5.69 Å². The topological polar surface area (TPSA) is 60.3 Å². The fraction of sp³-hybridized carbons (Fsp3) is 0.286. The van der Waals surface area contributed by atoms with Crippen LogP contribution in [-0.2, 0) is 4.74 Å². The molecule has 0 aliphatic carbocycles. The first-order valence-electron chi connectivity index (χ1n) is 6.28. The van der Waals surface area contributed by atoms with Crippen LogP contribution in [0.5, 0.6) is 0 Å². The van der Waals surface area contributed by atoms with Gasteiger partial charge in [-0.25, -0.2) is 4.79 Å². The lowest BCUT2D eigenvalue weighted by molar-refractivity contribution is 0.0607. The Hall–Kier alpha value is -1.60. The number of rotatable bonds is 4. The number of hydrogen-bond acceptors (Lipinski definition) is 4. The molecule has 0 aromatic carbocycles. The highest BCUT2D eigenvalue weighted by molar-refractivity contribution is 9.10. The molecule has 5 nitrogen and oxygen atoms in total. The van der Waals surface area contributed by atoms with Crippen molar-refractivity contribution >= 4 is 44.8 Å². The van der Waals surface area contributed by atoms with Crippen molar-refractivity contribution in [3.05, 3.63) is 38.8 Å². The minimum Gasteiger partial charge on any atom is -0.465 e. The van der Waals surface area contributed by atoms with Crippen LogP contribution in [0.15, 0.2) is 28.2 Å². The van der Waals surface area contributed by atoms with Crippen LogP contribution < -0.4 is 5.32 Å². The maximum Gasteiger partial charge on any atom is 0.350 e. The average molecular weight is 371 g/mol. The molecule has 2 rings (SSSR count). The van der Waals surface area contributed by atoms with Crippen molar-refractivity contribution in [2.45, 2.75) is 19.9 Å². The van der Waals surface area contributed by atoms with E-state index in [0.29, 0.717) is 16.3 Å². The van der Waals surface area contributed by atoms with Gasteiger partial charge in [0.25, 0.3) is 5.91 Å². The monoisotopic (exact) mass is 370 g/mol. The first kappa shape index (κ1) is 15.8. The largest absolute Gasteiger partial charge is 0.465 e. The lowest BCUT2D eigenvalue weighted by atomic mass is 10.3. The van der Waals surface area contributed by atoms with Gasteiger partial charge >= 0.3 is 5.97 Å². The Morgan fingerprint density at radius 1 is 1.43 bits per heavy atom. The maximum atomic E-state index is 12.4. The number of hydrogen-bond donors (Lipinski definition) is 1. The second kappa shape index (κ2) is 6.44. The Morgan fingerprint density at radius 3 is 2.76 bits per heavy atom. The van der Waals surface area contributed by atoms with Crippen molar-refractivity contribution in [3.63, 3.8) is 0 Å². The Balaban J connectivity index is 2.27. The molecule has 0 aliphatic heterocycles. The number of ether oxygens (including phenoxy) is 1. The summed E-state index contributed by atoms with van der Waals surface area (Å²) in [4.78, 5) is 24.4. The second-order valence-corrected chi connectivity index (χ2v) is 6.49. The molecule has 1 N–H and O–H groups in total. The number of nitrogens with one attached hydrogen (secondary N) is 1. The Morgan fingerprint density at radius 2 is 2.14 bits per heavy atom. The Bertz CT molecular complexity index is 676. The zero-order valence-corrected chi connectivity index (χ0v) is 14.2. The van der Waals surface area contributed by atoms with Crippen molar-refractivity contribution < 1.29 is 14.3 Å². The molecular weight excluding hydrogens is 356 g/mol. The highest BCUT2D eigenvalue weighted by atomic mass is 79.9. The first-order valence-corrected chi connectivity index (χ1v) is 7.95. The van der Waals surface area contributed by atoms with Crippen LogP contribution in [0.2, 0.25) is 0 Å². The van der Waals surface area contributed by atoms with E-state index in [1.165, 1.54) is 18.4 Å². The summed E-state index contributed by atoms with van der Waals surface area (Å²) in [6, 6.07) is 3.59. The molecule has 21 heavy (non-hydrogen) atoms. The summed E-state index contributed by atoms with van der Waals surface area (Å²) in [5, 5.41) is 4.50. The predicted octanol–water partition coefficient (Wildman–Crippen LogP) is 3.93. The van der Waals surface area contributed by atoms with Gasteiger partial charge in [-0.15, -0.1) is 11.3 Å². The molecule has 0 aliphatic rings. The van der Waals surface area contributed by atoms with Gasteiger partial charge in [-0.05, 0) is 47.3 Å². The van der Waals surface area contributed by atoms with E-state index in [2.05, 4.69) is 21.2 Å². The highest BCUT2D eigenvalue weighted by Crippen LogP contribution is 2.25. The normalized spacial score (nSPS) is 10.7. The smallest absolute Gasteiger partial charge is 0.350 e. The first-order chi connectivity index (χ1) is 9.93. The number of halogens is 1. The predicted molar refractivity (Wildman–Crippen MR) is 86.1 cm³/mol. The summed E-state index contributed by atoms with van der Waals surface area (Å²) >= 11 is 4.60. The van der Waals surface area contributed by atoms with Gasteiger partial charge in [0.2, 0.25) is 0 Å². The van der Waals surface area contributed by atoms with Crippen molar-refractivity contribution in [2.24, 2.45) is 0 Å². The molecule has 0 saturated heterocycles. The summed E-state index contributed by atoms with van der Waals surface area (Å²) in [5.74, 6) is -0.723. The highest BCUT2D eigenvalue weighted by Gasteiger charge is 2.19. The van der Waals surface area contributed by atoms with Crippen LogP contribution in [-0.4, -0.2) is 23.6 Å². The minimum atomic E-state index is -0.458. The zero-order valence-electron chi connectivity index (χ0n) is 11.8.